The number of nitrogens with one attached hydrogen (secondary N) is 1. The zero-order chi connectivity index (χ0) is 23.5. The van der Waals surface area contributed by atoms with Crippen LogP contribution in [0.5, 0.6) is 0 Å². The maximum Gasteiger partial charge on any atom is 0.251 e. The molecular formula is C26H26N4O3S. The maximum atomic E-state index is 12.8. The van der Waals surface area contributed by atoms with E-state index in [1.165, 1.54) is 0 Å². The van der Waals surface area contributed by atoms with Gasteiger partial charge < -0.3 is 9.72 Å². The van der Waals surface area contributed by atoms with E-state index in [2.05, 4.69) is 10.3 Å². The Kier molecular flexibility index (Phi) is 6.17. The number of amides is 1. The number of nitrogens with zero attached hydrogens (tertiary/aromatic N) is 3. The van der Waals surface area contributed by atoms with Crippen molar-refractivity contribution in [2.45, 2.75) is 30.2 Å². The first kappa shape index (κ1) is 22.3. The molecule has 4 aromatic rings. The third kappa shape index (κ3) is 4.60. The van der Waals surface area contributed by atoms with Crippen molar-refractivity contribution < 1.29 is 13.2 Å². The van der Waals surface area contributed by atoms with Crippen molar-refractivity contribution in [3.8, 4) is 0 Å². The third-order valence-electron chi connectivity index (χ3n) is 6.39. The first-order valence-electron chi connectivity index (χ1n) is 11.4. The Hall–Kier alpha value is -3.49. The Bertz CT molecular complexity index is 1390. The van der Waals surface area contributed by atoms with Crippen LogP contribution >= 0.6 is 0 Å². The van der Waals surface area contributed by atoms with Crippen LogP contribution in [-0.4, -0.2) is 41.1 Å². The number of sulfonamides is 1. The Balaban J connectivity index is 1.17. The zero-order valence-corrected chi connectivity index (χ0v) is 19.5. The van der Waals surface area contributed by atoms with Gasteiger partial charge >= 0.3 is 0 Å². The Labute approximate surface area is 199 Å². The molecule has 0 aliphatic carbocycles. The van der Waals surface area contributed by atoms with Gasteiger partial charge in [-0.1, -0.05) is 30.3 Å². The van der Waals surface area contributed by atoms with E-state index in [9.17, 15) is 13.2 Å². The van der Waals surface area contributed by atoms with Gasteiger partial charge in [0.1, 0.15) is 5.65 Å². The molecule has 0 atom stereocenters. The molecule has 0 spiro atoms. The number of hydrogen-bond acceptors (Lipinski definition) is 4. The first-order chi connectivity index (χ1) is 16.5. The molecule has 1 aliphatic heterocycles. The quantitative estimate of drug-likeness (QED) is 0.460. The van der Waals surface area contributed by atoms with Gasteiger partial charge in [-0.3, -0.25) is 4.79 Å². The molecule has 8 heteroatoms. The predicted molar refractivity (Wildman–Crippen MR) is 130 cm³/mol. The average Bonchev–Trinajstić information content (AvgIpc) is 3.36. The lowest BCUT2D eigenvalue weighted by Crippen LogP contribution is -2.37. The third-order valence-corrected chi connectivity index (χ3v) is 8.31. The monoisotopic (exact) mass is 474 g/mol. The van der Waals surface area contributed by atoms with Gasteiger partial charge in [0, 0.05) is 43.8 Å². The van der Waals surface area contributed by atoms with Gasteiger partial charge in [0.05, 0.1) is 4.90 Å². The molecule has 174 valence electrons. The summed E-state index contributed by atoms with van der Waals surface area (Å²) in [7, 11) is -3.45. The van der Waals surface area contributed by atoms with E-state index < -0.39 is 10.0 Å². The SMILES string of the molecule is O=C(NCc1ccn2ccnc2c1)c1ccc(C2CCN(S(=O)(=O)c3ccccc3)CC2)cc1. The summed E-state index contributed by atoms with van der Waals surface area (Å²) in [5.74, 6) is 0.152. The van der Waals surface area contributed by atoms with E-state index in [1.54, 1.807) is 34.8 Å². The largest absolute Gasteiger partial charge is 0.348 e. The van der Waals surface area contributed by atoms with Gasteiger partial charge in [-0.25, -0.2) is 13.4 Å². The van der Waals surface area contributed by atoms with Crippen molar-refractivity contribution in [3.05, 3.63) is 102 Å². The second-order valence-corrected chi connectivity index (χ2v) is 10.5. The second kappa shape index (κ2) is 9.40. The van der Waals surface area contributed by atoms with Crippen molar-refractivity contribution in [2.24, 2.45) is 0 Å². The van der Waals surface area contributed by atoms with Gasteiger partial charge in [0.25, 0.3) is 5.91 Å². The Morgan fingerprint density at radius 1 is 0.971 bits per heavy atom. The maximum absolute atomic E-state index is 12.8. The lowest BCUT2D eigenvalue weighted by atomic mass is 9.90. The van der Waals surface area contributed by atoms with Crippen molar-refractivity contribution in [1.29, 1.82) is 0 Å². The van der Waals surface area contributed by atoms with Crippen LogP contribution in [0.2, 0.25) is 0 Å². The number of piperidine rings is 1. The minimum atomic E-state index is -3.45. The fourth-order valence-corrected chi connectivity index (χ4v) is 5.92. The van der Waals surface area contributed by atoms with E-state index in [4.69, 9.17) is 0 Å². The van der Waals surface area contributed by atoms with Crippen molar-refractivity contribution in [2.75, 3.05) is 13.1 Å². The van der Waals surface area contributed by atoms with E-state index in [0.717, 1.165) is 29.6 Å². The van der Waals surface area contributed by atoms with Crippen LogP contribution in [0.1, 0.15) is 40.2 Å². The van der Waals surface area contributed by atoms with Crippen LogP contribution in [0.4, 0.5) is 0 Å². The molecule has 3 heterocycles. The number of hydrogen-bond donors (Lipinski definition) is 1. The normalized spacial score (nSPS) is 15.4. The lowest BCUT2D eigenvalue weighted by Gasteiger charge is -2.31. The summed E-state index contributed by atoms with van der Waals surface area (Å²) in [6, 6.07) is 20.2. The standard InChI is InChI=1S/C26H26N4O3S/c31-26(28-19-20-10-14-29-17-13-27-25(29)18-20)23-8-6-21(7-9-23)22-11-15-30(16-12-22)34(32,33)24-4-2-1-3-5-24/h1-10,13-14,17-18,22H,11-12,15-16,19H2,(H,28,31). The highest BCUT2D eigenvalue weighted by molar-refractivity contribution is 7.89. The molecule has 0 radical (unpaired) electrons. The van der Waals surface area contributed by atoms with E-state index >= 15 is 0 Å². The highest BCUT2D eigenvalue weighted by atomic mass is 32.2. The van der Waals surface area contributed by atoms with Crippen molar-refractivity contribution in [3.63, 3.8) is 0 Å². The molecule has 5 rings (SSSR count). The molecule has 0 unspecified atom stereocenters. The second-order valence-electron chi connectivity index (χ2n) is 8.52. The summed E-state index contributed by atoms with van der Waals surface area (Å²) in [4.78, 5) is 17.2. The summed E-state index contributed by atoms with van der Waals surface area (Å²) in [5, 5.41) is 2.96. The van der Waals surface area contributed by atoms with E-state index in [1.807, 2.05) is 59.3 Å². The minimum Gasteiger partial charge on any atom is -0.348 e. The number of benzene rings is 2. The molecule has 1 saturated heterocycles. The molecule has 2 aromatic heterocycles. The molecule has 2 aromatic carbocycles. The van der Waals surface area contributed by atoms with Crippen LogP contribution < -0.4 is 5.32 Å². The minimum absolute atomic E-state index is 0.126. The Morgan fingerprint density at radius 2 is 1.71 bits per heavy atom. The smallest absolute Gasteiger partial charge is 0.251 e. The number of aromatic nitrogens is 2. The number of pyridine rings is 1. The molecule has 1 N–H and O–H groups in total. The van der Waals surface area contributed by atoms with Gasteiger partial charge in [0.15, 0.2) is 0 Å². The topological polar surface area (TPSA) is 83.8 Å². The van der Waals surface area contributed by atoms with Crippen LogP contribution in [0.15, 0.2) is 90.2 Å². The van der Waals surface area contributed by atoms with E-state index in [-0.39, 0.29) is 11.8 Å². The fraction of sp³-hybridized carbons (Fsp3) is 0.231. The van der Waals surface area contributed by atoms with Crippen molar-refractivity contribution >= 4 is 21.6 Å². The highest BCUT2D eigenvalue weighted by Crippen LogP contribution is 2.30. The van der Waals surface area contributed by atoms with Gasteiger partial charge in [-0.05, 0) is 66.3 Å². The van der Waals surface area contributed by atoms with Crippen LogP contribution in [0, 0.1) is 0 Å². The summed E-state index contributed by atoms with van der Waals surface area (Å²) in [6.45, 7) is 1.41. The van der Waals surface area contributed by atoms with Gasteiger partial charge in [0.2, 0.25) is 10.0 Å². The summed E-state index contributed by atoms with van der Waals surface area (Å²) in [6.07, 6.45) is 7.06. The van der Waals surface area contributed by atoms with Gasteiger partial charge in [-0.2, -0.15) is 4.31 Å². The number of imidazole rings is 1. The summed E-state index contributed by atoms with van der Waals surface area (Å²) >= 11 is 0. The molecule has 34 heavy (non-hydrogen) atoms. The lowest BCUT2D eigenvalue weighted by molar-refractivity contribution is 0.0951. The molecule has 1 amide bonds. The summed E-state index contributed by atoms with van der Waals surface area (Å²) in [5.41, 5.74) is 3.58. The van der Waals surface area contributed by atoms with E-state index in [0.29, 0.717) is 30.1 Å². The fourth-order valence-electron chi connectivity index (χ4n) is 4.42. The van der Waals surface area contributed by atoms with Crippen LogP contribution in [0.25, 0.3) is 5.65 Å². The number of rotatable bonds is 6. The molecule has 1 fully saturated rings. The highest BCUT2D eigenvalue weighted by Gasteiger charge is 2.29. The zero-order valence-electron chi connectivity index (χ0n) is 18.7. The van der Waals surface area contributed by atoms with Crippen molar-refractivity contribution in [1.82, 2.24) is 19.0 Å². The average molecular weight is 475 g/mol. The Morgan fingerprint density at radius 3 is 2.44 bits per heavy atom. The van der Waals surface area contributed by atoms with Crippen LogP contribution in [-0.2, 0) is 16.6 Å². The van der Waals surface area contributed by atoms with Crippen LogP contribution in [0.3, 0.4) is 0 Å². The number of carbonyl (C=O) groups is 1. The molecule has 0 bridgehead atoms. The number of fused-ring (bicyclic) bond motifs is 1. The molecule has 0 saturated carbocycles. The molecular weight excluding hydrogens is 448 g/mol. The summed E-state index contributed by atoms with van der Waals surface area (Å²) < 4.78 is 29.2. The van der Waals surface area contributed by atoms with Gasteiger partial charge in [-0.15, -0.1) is 0 Å². The molecule has 7 nitrogen and oxygen atoms in total. The predicted octanol–water partition coefficient (Wildman–Crippen LogP) is 3.83. The first-order valence-corrected chi connectivity index (χ1v) is 12.8. The number of carbonyl (C=O) groups excluding carboxylic acids is 1. The molecule has 1 aliphatic rings.